The Labute approximate surface area is 201 Å². The first-order valence-electron chi connectivity index (χ1n) is 12.8. The monoisotopic (exact) mass is 470 g/mol. The van der Waals surface area contributed by atoms with Gasteiger partial charge in [-0.05, 0) is 70.3 Å². The minimum atomic E-state index is -1.21. The molecule has 34 heavy (non-hydrogen) atoms. The number of allylic oxidation sites excluding steroid dienone is 3. The Morgan fingerprint density at radius 3 is 2.56 bits per heavy atom. The summed E-state index contributed by atoms with van der Waals surface area (Å²) >= 11 is 0. The van der Waals surface area contributed by atoms with Gasteiger partial charge in [0.2, 0.25) is 0 Å². The summed E-state index contributed by atoms with van der Waals surface area (Å²) in [5.74, 6) is -1.13. The predicted molar refractivity (Wildman–Crippen MR) is 126 cm³/mol. The zero-order valence-corrected chi connectivity index (χ0v) is 20.8. The van der Waals surface area contributed by atoms with E-state index >= 15 is 0 Å². The Bertz CT molecular complexity index is 1020. The third-order valence-corrected chi connectivity index (χ3v) is 11.0. The Morgan fingerprint density at radius 1 is 1.15 bits per heavy atom. The normalized spacial score (nSPS) is 46.9. The van der Waals surface area contributed by atoms with Crippen LogP contribution >= 0.6 is 0 Å². The lowest BCUT2D eigenvalue weighted by molar-refractivity contribution is -0.235. The third-order valence-electron chi connectivity index (χ3n) is 11.0. The van der Waals surface area contributed by atoms with E-state index in [0.29, 0.717) is 50.5 Å². The van der Waals surface area contributed by atoms with Gasteiger partial charge in [-0.2, -0.15) is 0 Å². The number of rotatable bonds is 3. The van der Waals surface area contributed by atoms with Gasteiger partial charge in [0.15, 0.2) is 5.78 Å². The van der Waals surface area contributed by atoms with Crippen molar-refractivity contribution in [2.75, 3.05) is 6.61 Å². The van der Waals surface area contributed by atoms with Crippen LogP contribution in [0.15, 0.2) is 34.9 Å². The highest BCUT2D eigenvalue weighted by atomic mass is 16.5. The molecule has 8 atom stereocenters. The Kier molecular flexibility index (Phi) is 5.37. The fourth-order valence-electron chi connectivity index (χ4n) is 8.51. The molecule has 0 aromatic carbocycles. The average molecular weight is 471 g/mol. The topological polar surface area (TPSA) is 104 Å². The van der Waals surface area contributed by atoms with Gasteiger partial charge in [0, 0.05) is 23.3 Å². The number of hydrogen-bond donors (Lipinski definition) is 3. The van der Waals surface area contributed by atoms with Crippen molar-refractivity contribution in [1.29, 1.82) is 0 Å². The molecular weight excluding hydrogens is 432 g/mol. The first-order valence-corrected chi connectivity index (χ1v) is 12.8. The van der Waals surface area contributed by atoms with Gasteiger partial charge < -0.3 is 20.1 Å². The van der Waals surface area contributed by atoms with E-state index in [-0.39, 0.29) is 36.1 Å². The molecule has 6 heteroatoms. The summed E-state index contributed by atoms with van der Waals surface area (Å²) in [7, 11) is 0. The van der Waals surface area contributed by atoms with Crippen molar-refractivity contribution >= 4 is 11.8 Å². The summed E-state index contributed by atoms with van der Waals surface area (Å²) in [6.07, 6.45) is 9.00. The molecule has 0 radical (unpaired) electrons. The number of aliphatic hydroxyl groups is 3. The van der Waals surface area contributed by atoms with Crippen LogP contribution in [-0.2, 0) is 14.3 Å². The van der Waals surface area contributed by atoms with Gasteiger partial charge in [0.05, 0.1) is 23.2 Å². The van der Waals surface area contributed by atoms with Crippen molar-refractivity contribution in [3.8, 4) is 0 Å². The molecule has 4 aliphatic carbocycles. The molecule has 0 aromatic rings. The predicted octanol–water partition coefficient (Wildman–Crippen LogP) is 3.40. The zero-order chi connectivity index (χ0) is 24.7. The van der Waals surface area contributed by atoms with Gasteiger partial charge in [-0.25, -0.2) is 4.79 Å². The number of aliphatic hydroxyl groups excluding tert-OH is 1. The molecule has 0 aromatic heterocycles. The molecule has 5 rings (SSSR count). The number of fused-ring (bicyclic) bond motifs is 5. The molecular formula is C28H38O6. The summed E-state index contributed by atoms with van der Waals surface area (Å²) in [5, 5.41) is 35.1. The van der Waals surface area contributed by atoms with Crippen LogP contribution in [0.4, 0.5) is 0 Å². The molecule has 3 N–H and O–H groups in total. The van der Waals surface area contributed by atoms with Gasteiger partial charge in [0.25, 0.3) is 0 Å². The number of carbonyl (C=O) groups excluding carboxylic acids is 2. The molecule has 2 saturated carbocycles. The average Bonchev–Trinajstić information content (AvgIpc) is 3.04. The second-order valence-electron chi connectivity index (χ2n) is 11.8. The van der Waals surface area contributed by atoms with Crippen molar-refractivity contribution in [2.45, 2.75) is 89.9 Å². The van der Waals surface area contributed by atoms with Crippen LogP contribution < -0.4 is 0 Å². The Hall–Kier alpha value is -1.76. The highest BCUT2D eigenvalue weighted by Crippen LogP contribution is 2.69. The minimum Gasteiger partial charge on any atom is -0.458 e. The van der Waals surface area contributed by atoms with Crippen LogP contribution in [0, 0.1) is 28.6 Å². The number of carbonyl (C=O) groups is 2. The number of hydrogen-bond acceptors (Lipinski definition) is 6. The fourth-order valence-corrected chi connectivity index (χ4v) is 8.51. The molecule has 0 amide bonds. The first kappa shape index (κ1) is 24.0. The lowest BCUT2D eigenvalue weighted by Gasteiger charge is -2.62. The third kappa shape index (κ3) is 2.73. The van der Waals surface area contributed by atoms with Crippen molar-refractivity contribution in [3.63, 3.8) is 0 Å². The molecule has 0 bridgehead atoms. The smallest absolute Gasteiger partial charge is 0.333 e. The summed E-state index contributed by atoms with van der Waals surface area (Å²) in [4.78, 5) is 25.6. The molecule has 186 valence electrons. The first-order chi connectivity index (χ1) is 16.0. The van der Waals surface area contributed by atoms with Crippen LogP contribution in [0.2, 0.25) is 0 Å². The molecule has 1 aliphatic heterocycles. The maximum Gasteiger partial charge on any atom is 0.333 e. The van der Waals surface area contributed by atoms with Crippen LogP contribution in [-0.4, -0.2) is 51.0 Å². The molecule has 5 aliphatic rings. The van der Waals surface area contributed by atoms with E-state index in [1.54, 1.807) is 13.0 Å². The van der Waals surface area contributed by atoms with Gasteiger partial charge >= 0.3 is 5.97 Å². The van der Waals surface area contributed by atoms with Gasteiger partial charge in [-0.3, -0.25) is 4.79 Å². The van der Waals surface area contributed by atoms with Crippen LogP contribution in [0.1, 0.15) is 72.6 Å². The van der Waals surface area contributed by atoms with Crippen molar-refractivity contribution in [3.05, 3.63) is 34.9 Å². The molecule has 1 heterocycles. The van der Waals surface area contributed by atoms with E-state index < -0.39 is 28.1 Å². The highest BCUT2D eigenvalue weighted by Gasteiger charge is 2.73. The van der Waals surface area contributed by atoms with Gasteiger partial charge in [-0.1, -0.05) is 37.1 Å². The minimum absolute atomic E-state index is 0.0669. The molecule has 2 fully saturated rings. The molecule has 6 nitrogen and oxygen atoms in total. The van der Waals surface area contributed by atoms with E-state index in [0.717, 1.165) is 11.1 Å². The maximum atomic E-state index is 13.2. The second kappa shape index (κ2) is 7.62. The molecule has 0 unspecified atom stereocenters. The lowest BCUT2D eigenvalue weighted by Crippen LogP contribution is -2.67. The summed E-state index contributed by atoms with van der Waals surface area (Å²) in [5.41, 5.74) is -1.57. The van der Waals surface area contributed by atoms with Gasteiger partial charge in [0.1, 0.15) is 6.10 Å². The van der Waals surface area contributed by atoms with Crippen molar-refractivity contribution < 1.29 is 29.6 Å². The summed E-state index contributed by atoms with van der Waals surface area (Å²) in [6.45, 7) is 7.39. The van der Waals surface area contributed by atoms with E-state index in [4.69, 9.17) is 4.74 Å². The molecule has 0 saturated heterocycles. The fraction of sp³-hybridized carbons (Fsp3) is 0.714. The van der Waals surface area contributed by atoms with Crippen molar-refractivity contribution in [1.82, 2.24) is 0 Å². The van der Waals surface area contributed by atoms with Gasteiger partial charge in [-0.15, -0.1) is 0 Å². The van der Waals surface area contributed by atoms with E-state index in [1.807, 2.05) is 26.8 Å². The van der Waals surface area contributed by atoms with Crippen LogP contribution in [0.5, 0.6) is 0 Å². The standard InChI is InChI=1S/C28H38O6/c1-16-14-22(34-24(31)17(16)2)18(3)27(32)12-13-28(33)21-9-8-19-6-5-7-23(30)26(19,15-29)20(21)10-11-25(27,28)4/h5,7-8,18,20-22,29,32-33H,6,9-15H2,1-4H3/t18-,20+,21-,22-,25-,26+,27+,28-/m1/s1. The quantitative estimate of drug-likeness (QED) is 0.431. The second-order valence-corrected chi connectivity index (χ2v) is 11.8. The Balaban J connectivity index is 1.51. The SMILES string of the molecule is CC1=C(C)C(=O)O[C@@H]([C@@H](C)[C@@]2(O)CC[C@@]3(O)[C@@H]4CC=C5CC=CC(=O)[C@]5(CO)[C@H]4CC[C@@]32C)C1. The van der Waals surface area contributed by atoms with Crippen LogP contribution in [0.3, 0.4) is 0 Å². The lowest BCUT2D eigenvalue weighted by atomic mass is 9.44. The Morgan fingerprint density at radius 2 is 1.88 bits per heavy atom. The number of esters is 1. The number of ketones is 1. The van der Waals surface area contributed by atoms with E-state index in [2.05, 4.69) is 6.08 Å². The number of cyclic esters (lactones) is 1. The molecule has 0 spiro atoms. The maximum absolute atomic E-state index is 13.2. The largest absolute Gasteiger partial charge is 0.458 e. The summed E-state index contributed by atoms with van der Waals surface area (Å²) < 4.78 is 5.76. The van der Waals surface area contributed by atoms with E-state index in [9.17, 15) is 24.9 Å². The number of ether oxygens (including phenoxy) is 1. The summed E-state index contributed by atoms with van der Waals surface area (Å²) in [6, 6.07) is 0. The zero-order valence-electron chi connectivity index (χ0n) is 20.8. The van der Waals surface area contributed by atoms with E-state index in [1.165, 1.54) is 0 Å². The highest BCUT2D eigenvalue weighted by molar-refractivity contribution is 5.99. The van der Waals surface area contributed by atoms with Crippen LogP contribution in [0.25, 0.3) is 0 Å². The van der Waals surface area contributed by atoms with Crippen molar-refractivity contribution in [2.24, 2.45) is 28.6 Å².